The monoisotopic (exact) mass is 174 g/mol. The molecule has 0 aliphatic carbocycles. The lowest BCUT2D eigenvalue weighted by atomic mass is 10.1. The highest BCUT2D eigenvalue weighted by Crippen LogP contribution is 2.33. The maximum Gasteiger partial charge on any atom is 0.0760 e. The van der Waals surface area contributed by atoms with Gasteiger partial charge in [0.2, 0.25) is 0 Å². The Labute approximate surface area is 75.6 Å². The zero-order chi connectivity index (χ0) is 8.84. The van der Waals surface area contributed by atoms with Crippen molar-refractivity contribution in [2.75, 3.05) is 11.6 Å². The van der Waals surface area contributed by atoms with Crippen molar-refractivity contribution in [3.63, 3.8) is 0 Å². The molecule has 0 saturated carbocycles. The molecule has 0 amide bonds. The summed E-state index contributed by atoms with van der Waals surface area (Å²) in [6.45, 7) is 0.708. The van der Waals surface area contributed by atoms with Gasteiger partial charge in [-0.1, -0.05) is 6.07 Å². The lowest BCUT2D eigenvalue weighted by molar-refractivity contribution is 0.265. The molecule has 0 fully saturated rings. The summed E-state index contributed by atoms with van der Waals surface area (Å²) < 4.78 is 0. The summed E-state index contributed by atoms with van der Waals surface area (Å²) in [7, 11) is 0. The Kier molecular flexibility index (Phi) is 1.21. The number of aromatic nitrogens is 1. The van der Waals surface area contributed by atoms with Crippen molar-refractivity contribution >= 4 is 16.6 Å². The van der Waals surface area contributed by atoms with Crippen LogP contribution in [0.25, 0.3) is 10.9 Å². The predicted molar refractivity (Wildman–Crippen MR) is 51.1 cm³/mol. The van der Waals surface area contributed by atoms with Gasteiger partial charge in [-0.25, -0.2) is 0 Å². The van der Waals surface area contributed by atoms with Crippen LogP contribution >= 0.6 is 0 Å². The Bertz CT molecular complexity index is 461. The van der Waals surface area contributed by atoms with Crippen LogP contribution in [0.2, 0.25) is 0 Å². The highest BCUT2D eigenvalue weighted by molar-refractivity contribution is 5.94. The van der Waals surface area contributed by atoms with E-state index in [0.717, 1.165) is 23.0 Å². The average Bonchev–Trinajstić information content (AvgIpc) is 2.70. The molecule has 2 aromatic rings. The molecule has 2 heterocycles. The summed E-state index contributed by atoms with van der Waals surface area (Å²) in [6, 6.07) is 6.14. The Morgan fingerprint density at radius 2 is 2.23 bits per heavy atom. The van der Waals surface area contributed by atoms with Crippen LogP contribution in [0, 0.1) is 0 Å². The molecule has 3 nitrogen and oxygen atoms in total. The van der Waals surface area contributed by atoms with Crippen molar-refractivity contribution < 1.29 is 5.21 Å². The fraction of sp³-hybridized carbons (Fsp3) is 0.200. The molecule has 3 heteroatoms. The maximum absolute atomic E-state index is 9.62. The van der Waals surface area contributed by atoms with Crippen molar-refractivity contribution in [1.29, 1.82) is 0 Å². The minimum Gasteiger partial charge on any atom is -0.361 e. The molecule has 0 bridgehead atoms. The van der Waals surface area contributed by atoms with Gasteiger partial charge in [-0.05, 0) is 24.1 Å². The third-order valence-electron chi connectivity index (χ3n) is 2.64. The Hall–Kier alpha value is -1.48. The van der Waals surface area contributed by atoms with Crippen LogP contribution < -0.4 is 5.06 Å². The van der Waals surface area contributed by atoms with Gasteiger partial charge >= 0.3 is 0 Å². The number of benzene rings is 1. The molecule has 2 N–H and O–H groups in total. The summed E-state index contributed by atoms with van der Waals surface area (Å²) >= 11 is 0. The minimum absolute atomic E-state index is 0.708. The molecule has 0 saturated heterocycles. The zero-order valence-electron chi connectivity index (χ0n) is 7.12. The number of nitrogens with zero attached hydrogens (tertiary/aromatic N) is 1. The highest BCUT2D eigenvalue weighted by atomic mass is 16.5. The van der Waals surface area contributed by atoms with E-state index in [-0.39, 0.29) is 0 Å². The summed E-state index contributed by atoms with van der Waals surface area (Å²) in [5.74, 6) is 0. The summed E-state index contributed by atoms with van der Waals surface area (Å²) in [4.78, 5) is 3.13. The Morgan fingerprint density at radius 3 is 3.15 bits per heavy atom. The molecule has 0 unspecified atom stereocenters. The van der Waals surface area contributed by atoms with Gasteiger partial charge in [0.1, 0.15) is 0 Å². The van der Waals surface area contributed by atoms with Crippen molar-refractivity contribution in [3.05, 3.63) is 30.0 Å². The van der Waals surface area contributed by atoms with Crippen molar-refractivity contribution in [2.45, 2.75) is 6.42 Å². The number of H-pyrrole nitrogens is 1. The van der Waals surface area contributed by atoms with Crippen LogP contribution in [0.4, 0.5) is 5.69 Å². The first-order chi connectivity index (χ1) is 6.36. The van der Waals surface area contributed by atoms with E-state index < -0.39 is 0 Å². The van der Waals surface area contributed by atoms with Crippen LogP contribution in [0.1, 0.15) is 5.56 Å². The molecule has 1 aromatic carbocycles. The van der Waals surface area contributed by atoms with E-state index >= 15 is 0 Å². The number of hydroxylamine groups is 1. The van der Waals surface area contributed by atoms with Crippen molar-refractivity contribution in [3.8, 4) is 0 Å². The normalized spacial score (nSPS) is 15.3. The predicted octanol–water partition coefficient (Wildman–Crippen LogP) is 1.92. The topological polar surface area (TPSA) is 39.3 Å². The van der Waals surface area contributed by atoms with Crippen LogP contribution in [0.15, 0.2) is 24.4 Å². The standard InChI is InChI=1S/C10H10N2O/c13-12-6-4-7-1-2-9-8(10(7)12)3-5-11-9/h1-3,5,11,13H,4,6H2. The van der Waals surface area contributed by atoms with Gasteiger partial charge < -0.3 is 4.98 Å². The molecular formula is C10H10N2O. The fourth-order valence-corrected chi connectivity index (χ4v) is 2.01. The number of rotatable bonds is 0. The van der Waals surface area contributed by atoms with Gasteiger partial charge in [0.15, 0.2) is 0 Å². The molecule has 1 aromatic heterocycles. The molecule has 0 spiro atoms. The van der Waals surface area contributed by atoms with Gasteiger partial charge in [0.05, 0.1) is 5.69 Å². The fourth-order valence-electron chi connectivity index (χ4n) is 2.01. The summed E-state index contributed by atoms with van der Waals surface area (Å²) in [6.07, 6.45) is 2.84. The molecule has 3 rings (SSSR count). The molecule has 0 radical (unpaired) electrons. The van der Waals surface area contributed by atoms with E-state index in [9.17, 15) is 5.21 Å². The van der Waals surface area contributed by atoms with E-state index in [2.05, 4.69) is 17.1 Å². The lowest BCUT2D eigenvalue weighted by Crippen LogP contribution is -2.13. The average molecular weight is 174 g/mol. The van der Waals surface area contributed by atoms with Crippen molar-refractivity contribution in [2.24, 2.45) is 0 Å². The smallest absolute Gasteiger partial charge is 0.0760 e. The third-order valence-corrected chi connectivity index (χ3v) is 2.64. The summed E-state index contributed by atoms with van der Waals surface area (Å²) in [5.41, 5.74) is 3.29. The lowest BCUT2D eigenvalue weighted by Gasteiger charge is -2.10. The quantitative estimate of drug-likeness (QED) is 0.640. The number of hydrogen-bond acceptors (Lipinski definition) is 2. The molecule has 1 aliphatic rings. The second kappa shape index (κ2) is 2.26. The number of aromatic amines is 1. The first kappa shape index (κ1) is 6.97. The molecule has 13 heavy (non-hydrogen) atoms. The first-order valence-corrected chi connectivity index (χ1v) is 4.41. The van der Waals surface area contributed by atoms with Crippen LogP contribution in [0.5, 0.6) is 0 Å². The van der Waals surface area contributed by atoms with E-state index in [1.807, 2.05) is 12.3 Å². The van der Waals surface area contributed by atoms with Gasteiger partial charge in [0.25, 0.3) is 0 Å². The van der Waals surface area contributed by atoms with Crippen LogP contribution in [0.3, 0.4) is 0 Å². The van der Waals surface area contributed by atoms with Crippen LogP contribution in [-0.2, 0) is 6.42 Å². The van der Waals surface area contributed by atoms with Gasteiger partial charge in [-0.15, -0.1) is 0 Å². The van der Waals surface area contributed by atoms with Gasteiger partial charge in [0, 0.05) is 23.6 Å². The second-order valence-electron chi connectivity index (χ2n) is 3.39. The Balaban J connectivity index is 2.42. The second-order valence-corrected chi connectivity index (χ2v) is 3.39. The summed E-state index contributed by atoms with van der Waals surface area (Å²) in [5, 5.41) is 12.1. The largest absolute Gasteiger partial charge is 0.361 e. The molecule has 66 valence electrons. The van der Waals surface area contributed by atoms with E-state index in [1.165, 1.54) is 10.6 Å². The number of anilines is 1. The number of hydrogen-bond donors (Lipinski definition) is 2. The zero-order valence-corrected chi connectivity index (χ0v) is 7.12. The maximum atomic E-state index is 9.62. The first-order valence-electron chi connectivity index (χ1n) is 4.41. The van der Waals surface area contributed by atoms with E-state index in [1.54, 1.807) is 0 Å². The molecular weight excluding hydrogens is 164 g/mol. The SMILES string of the molecule is ON1CCc2ccc3[nH]ccc3c21. The van der Waals surface area contributed by atoms with E-state index in [0.29, 0.717) is 6.54 Å². The molecule has 0 atom stereocenters. The number of nitrogens with one attached hydrogen (secondary N) is 1. The Morgan fingerprint density at radius 1 is 1.31 bits per heavy atom. The number of fused-ring (bicyclic) bond motifs is 3. The van der Waals surface area contributed by atoms with Gasteiger partial charge in [-0.2, -0.15) is 0 Å². The third kappa shape index (κ3) is 0.820. The van der Waals surface area contributed by atoms with Crippen molar-refractivity contribution in [1.82, 2.24) is 4.98 Å². The van der Waals surface area contributed by atoms with Crippen LogP contribution in [-0.4, -0.2) is 16.7 Å². The highest BCUT2D eigenvalue weighted by Gasteiger charge is 2.19. The molecule has 1 aliphatic heterocycles. The van der Waals surface area contributed by atoms with E-state index in [4.69, 9.17) is 0 Å². The van der Waals surface area contributed by atoms with Gasteiger partial charge in [-0.3, -0.25) is 10.3 Å². The minimum atomic E-state index is 0.708.